The van der Waals surface area contributed by atoms with Crippen LogP contribution in [-0.4, -0.2) is 41.8 Å². The lowest BCUT2D eigenvalue weighted by molar-refractivity contribution is -0.189. The van der Waals surface area contributed by atoms with Crippen LogP contribution in [0.5, 0.6) is 11.5 Å². The molecular formula is C15H16F3NO3. The molecule has 1 fully saturated rings. The molecule has 0 spiro atoms. The van der Waals surface area contributed by atoms with Crippen molar-refractivity contribution in [1.82, 2.24) is 4.90 Å². The number of halogens is 3. The van der Waals surface area contributed by atoms with Crippen LogP contribution < -0.4 is 4.74 Å². The number of nitrogens with zero attached hydrogens (tertiary/aromatic N) is 1. The Labute approximate surface area is 125 Å². The summed E-state index contributed by atoms with van der Waals surface area (Å²) in [7, 11) is 2.05. The average molecular weight is 315 g/mol. The van der Waals surface area contributed by atoms with Crippen LogP contribution >= 0.6 is 0 Å². The smallest absolute Gasteiger partial charge is 0.491 e. The highest BCUT2D eigenvalue weighted by Gasteiger charge is 2.42. The second-order valence-corrected chi connectivity index (χ2v) is 5.94. The molecule has 2 aliphatic rings. The summed E-state index contributed by atoms with van der Waals surface area (Å²) in [5.41, 5.74) is 1.50. The summed E-state index contributed by atoms with van der Waals surface area (Å²) in [4.78, 5) is 13.2. The number of fused-ring (bicyclic) bond motifs is 2. The third-order valence-electron chi connectivity index (χ3n) is 4.64. The highest BCUT2D eigenvalue weighted by atomic mass is 19.4. The first-order valence-electron chi connectivity index (χ1n) is 7.10. The zero-order valence-corrected chi connectivity index (χ0v) is 12.0. The third kappa shape index (κ3) is 2.54. The molecule has 1 aliphatic heterocycles. The normalized spacial score (nSPS) is 24.7. The van der Waals surface area contributed by atoms with Gasteiger partial charge in [0.05, 0.1) is 0 Å². The maximum Gasteiger partial charge on any atom is 0.491 e. The van der Waals surface area contributed by atoms with Gasteiger partial charge in [-0.1, -0.05) is 6.07 Å². The maximum atomic E-state index is 12.3. The molecule has 1 aromatic carbocycles. The number of esters is 1. The van der Waals surface area contributed by atoms with Crippen LogP contribution in [0.3, 0.4) is 0 Å². The van der Waals surface area contributed by atoms with Crippen LogP contribution in [0.2, 0.25) is 0 Å². The molecule has 120 valence electrons. The van der Waals surface area contributed by atoms with Gasteiger partial charge in [-0.3, -0.25) is 0 Å². The number of benzene rings is 1. The van der Waals surface area contributed by atoms with Gasteiger partial charge in [-0.2, -0.15) is 13.2 Å². The molecule has 3 rings (SSSR count). The Bertz CT molecular complexity index is 615. The predicted molar refractivity (Wildman–Crippen MR) is 71.7 cm³/mol. The largest absolute Gasteiger partial charge is 0.504 e. The number of aromatic hydroxyl groups is 1. The minimum absolute atomic E-state index is 0.344. The van der Waals surface area contributed by atoms with E-state index in [0.717, 1.165) is 24.9 Å². The van der Waals surface area contributed by atoms with Gasteiger partial charge in [0.1, 0.15) is 0 Å². The fourth-order valence-corrected chi connectivity index (χ4v) is 3.45. The molecule has 1 aromatic rings. The minimum atomic E-state index is -5.08. The third-order valence-corrected chi connectivity index (χ3v) is 4.64. The molecule has 1 heterocycles. The van der Waals surface area contributed by atoms with E-state index in [1.807, 2.05) is 0 Å². The van der Waals surface area contributed by atoms with E-state index < -0.39 is 17.9 Å². The van der Waals surface area contributed by atoms with Crippen LogP contribution in [0.4, 0.5) is 13.2 Å². The van der Waals surface area contributed by atoms with E-state index in [2.05, 4.69) is 16.7 Å². The number of alkyl halides is 3. The van der Waals surface area contributed by atoms with Crippen molar-refractivity contribution < 1.29 is 27.8 Å². The molecule has 4 nitrogen and oxygen atoms in total. The van der Waals surface area contributed by atoms with E-state index in [4.69, 9.17) is 0 Å². The van der Waals surface area contributed by atoms with E-state index >= 15 is 0 Å². The van der Waals surface area contributed by atoms with Crippen LogP contribution in [0, 0.1) is 5.92 Å². The SMILES string of the molecule is CN1CCC2Cc3c(ccc(OC(=O)C(F)(F)F)c3O)CC21. The second kappa shape index (κ2) is 5.15. The van der Waals surface area contributed by atoms with Crippen molar-refractivity contribution >= 4 is 5.97 Å². The van der Waals surface area contributed by atoms with Crippen molar-refractivity contribution in [1.29, 1.82) is 0 Å². The highest BCUT2D eigenvalue weighted by Crippen LogP contribution is 2.42. The second-order valence-electron chi connectivity index (χ2n) is 5.94. The van der Waals surface area contributed by atoms with Crippen LogP contribution in [0.15, 0.2) is 12.1 Å². The van der Waals surface area contributed by atoms with Gasteiger partial charge in [-0.25, -0.2) is 4.79 Å². The Hall–Kier alpha value is -1.76. The van der Waals surface area contributed by atoms with Crippen molar-refractivity contribution in [2.45, 2.75) is 31.5 Å². The lowest BCUT2D eigenvalue weighted by Crippen LogP contribution is -2.35. The molecule has 1 saturated heterocycles. The van der Waals surface area contributed by atoms with E-state index in [1.54, 1.807) is 6.07 Å². The Morgan fingerprint density at radius 3 is 2.77 bits per heavy atom. The lowest BCUT2D eigenvalue weighted by Gasteiger charge is -2.31. The number of likely N-dealkylation sites (N-methyl/N-ethyl adjacent to an activating group) is 1. The molecular weight excluding hydrogens is 299 g/mol. The zero-order valence-electron chi connectivity index (χ0n) is 12.0. The summed E-state index contributed by atoms with van der Waals surface area (Å²) in [6, 6.07) is 3.26. The van der Waals surface area contributed by atoms with E-state index in [-0.39, 0.29) is 5.75 Å². The summed E-state index contributed by atoms with van der Waals surface area (Å²) in [6.07, 6.45) is -2.75. The minimum Gasteiger partial charge on any atom is -0.504 e. The first-order valence-corrected chi connectivity index (χ1v) is 7.10. The van der Waals surface area contributed by atoms with Gasteiger partial charge in [-0.15, -0.1) is 0 Å². The molecule has 0 bridgehead atoms. The number of phenolic OH excluding ortho intramolecular Hbond substituents is 1. The van der Waals surface area contributed by atoms with Gasteiger partial charge in [0.25, 0.3) is 0 Å². The van der Waals surface area contributed by atoms with E-state index in [1.165, 1.54) is 6.07 Å². The molecule has 2 atom stereocenters. The number of likely N-dealkylation sites (tertiary alicyclic amines) is 1. The average Bonchev–Trinajstić information content (AvgIpc) is 2.80. The monoisotopic (exact) mass is 315 g/mol. The molecule has 7 heteroatoms. The Morgan fingerprint density at radius 2 is 2.09 bits per heavy atom. The summed E-state index contributed by atoms with van der Waals surface area (Å²) in [5.74, 6) is -2.72. The van der Waals surface area contributed by atoms with Crippen LogP contribution in [0.1, 0.15) is 17.5 Å². The molecule has 1 N–H and O–H groups in total. The number of rotatable bonds is 1. The zero-order chi connectivity index (χ0) is 16.1. The van der Waals surface area contributed by atoms with Crippen molar-refractivity contribution in [3.63, 3.8) is 0 Å². The van der Waals surface area contributed by atoms with Crippen LogP contribution in [-0.2, 0) is 17.6 Å². The molecule has 0 saturated carbocycles. The van der Waals surface area contributed by atoms with Gasteiger partial charge in [0, 0.05) is 11.6 Å². The molecule has 1 aliphatic carbocycles. The van der Waals surface area contributed by atoms with Crippen molar-refractivity contribution in [3.8, 4) is 11.5 Å². The van der Waals surface area contributed by atoms with E-state index in [0.29, 0.717) is 23.9 Å². The number of hydrogen-bond acceptors (Lipinski definition) is 4. The van der Waals surface area contributed by atoms with Gasteiger partial charge in [0.15, 0.2) is 11.5 Å². The summed E-state index contributed by atoms with van der Waals surface area (Å²) in [5, 5.41) is 10.2. The van der Waals surface area contributed by atoms with Gasteiger partial charge < -0.3 is 14.7 Å². The summed E-state index contributed by atoms with van der Waals surface area (Å²) >= 11 is 0. The number of ether oxygens (including phenoxy) is 1. The summed E-state index contributed by atoms with van der Waals surface area (Å²) < 4.78 is 41.1. The van der Waals surface area contributed by atoms with Crippen molar-refractivity contribution in [2.75, 3.05) is 13.6 Å². The Kier molecular flexibility index (Phi) is 3.55. The van der Waals surface area contributed by atoms with Crippen molar-refractivity contribution in [2.24, 2.45) is 5.92 Å². The van der Waals surface area contributed by atoms with Crippen LogP contribution in [0.25, 0.3) is 0 Å². The predicted octanol–water partition coefficient (Wildman–Crippen LogP) is 2.28. The standard InChI is InChI=1S/C15H16F3NO3/c1-19-5-4-9-6-10-8(7-11(9)19)2-3-12(13(10)20)22-14(21)15(16,17)18/h2-3,9,11,20H,4-7H2,1H3. The molecule has 0 amide bonds. The first kappa shape index (κ1) is 15.1. The summed E-state index contributed by atoms with van der Waals surface area (Å²) in [6.45, 7) is 0.972. The van der Waals surface area contributed by atoms with E-state index in [9.17, 15) is 23.1 Å². The fraction of sp³-hybridized carbons (Fsp3) is 0.533. The number of phenols is 1. The number of carbonyl (C=O) groups is 1. The van der Waals surface area contributed by atoms with Gasteiger partial charge >= 0.3 is 12.1 Å². The Balaban J connectivity index is 1.87. The maximum absolute atomic E-state index is 12.3. The number of hydrogen-bond donors (Lipinski definition) is 1. The quantitative estimate of drug-likeness (QED) is 0.638. The topological polar surface area (TPSA) is 49.8 Å². The highest BCUT2D eigenvalue weighted by molar-refractivity contribution is 5.79. The molecule has 0 aromatic heterocycles. The first-order chi connectivity index (χ1) is 10.3. The molecule has 2 unspecified atom stereocenters. The fourth-order valence-electron chi connectivity index (χ4n) is 3.45. The lowest BCUT2D eigenvalue weighted by atomic mass is 9.80. The molecule has 22 heavy (non-hydrogen) atoms. The Morgan fingerprint density at radius 1 is 1.36 bits per heavy atom. The van der Waals surface area contributed by atoms with Crippen molar-refractivity contribution in [3.05, 3.63) is 23.3 Å². The van der Waals surface area contributed by atoms with Gasteiger partial charge in [0.2, 0.25) is 0 Å². The number of carbonyl (C=O) groups excluding carboxylic acids is 1. The van der Waals surface area contributed by atoms with Gasteiger partial charge in [-0.05, 0) is 50.4 Å². The molecule has 0 radical (unpaired) electrons.